The number of hydrogen-bond acceptors (Lipinski definition) is 10. The Labute approximate surface area is 396 Å². The highest BCUT2D eigenvalue weighted by atomic mass is 19.4. The second kappa shape index (κ2) is 24.7. The molecule has 29 heteroatoms. The van der Waals surface area contributed by atoms with E-state index in [1.807, 2.05) is 11.0 Å². The molecule has 11 nitrogen and oxygen atoms in total. The van der Waals surface area contributed by atoms with E-state index in [-0.39, 0.29) is 39.2 Å². The summed E-state index contributed by atoms with van der Waals surface area (Å²) < 4.78 is 238. The average Bonchev–Trinajstić information content (AvgIpc) is 3.24. The first-order chi connectivity index (χ1) is 32.2. The molecule has 6 rings (SSSR count). The summed E-state index contributed by atoms with van der Waals surface area (Å²) in [6, 6.07) is 8.09. The predicted molar refractivity (Wildman–Crippen MR) is 220 cm³/mol. The summed E-state index contributed by atoms with van der Waals surface area (Å²) in [5.74, 6) is 0. The van der Waals surface area contributed by atoms with Crippen molar-refractivity contribution < 1.29 is 103 Å². The zero-order valence-electron chi connectivity index (χ0n) is 37.2. The van der Waals surface area contributed by atoms with E-state index in [1.54, 1.807) is 21.9 Å². The molecule has 0 bridgehead atoms. The minimum atomic E-state index is -5.85. The van der Waals surface area contributed by atoms with Gasteiger partial charge in [0, 0.05) is 102 Å². The van der Waals surface area contributed by atoms with Crippen LogP contribution in [0, 0.1) is 0 Å². The van der Waals surface area contributed by atoms with Crippen LogP contribution in [0.2, 0.25) is 0 Å². The van der Waals surface area contributed by atoms with Crippen molar-refractivity contribution in [3.05, 3.63) is 58.7 Å². The largest absolute Gasteiger partial charge is 0.434 e. The highest BCUT2D eigenvalue weighted by Gasteiger charge is 2.60. The van der Waals surface area contributed by atoms with Crippen LogP contribution in [0.25, 0.3) is 0 Å². The van der Waals surface area contributed by atoms with Gasteiger partial charge in [-0.15, -0.1) is 0 Å². The number of piperazine rings is 2. The number of alkyl halides is 18. The fourth-order valence-electron chi connectivity index (χ4n) is 7.73. The van der Waals surface area contributed by atoms with Crippen molar-refractivity contribution in [3.8, 4) is 0 Å². The molecule has 71 heavy (non-hydrogen) atoms. The minimum absolute atomic E-state index is 0. The number of carbonyl (C=O) groups is 1. The normalized spacial score (nSPS) is 20.5. The minimum Gasteiger partial charge on any atom is -0.426 e. The molecule has 2 aromatic carbocycles. The average molecular weight is 1060 g/mol. The number of rotatable bonds is 7. The van der Waals surface area contributed by atoms with Gasteiger partial charge >= 0.3 is 43.2 Å². The van der Waals surface area contributed by atoms with Crippen LogP contribution in [0.3, 0.4) is 0 Å². The highest BCUT2D eigenvalue weighted by molar-refractivity contribution is 5.68. The third-order valence-electron chi connectivity index (χ3n) is 11.2. The van der Waals surface area contributed by atoms with Crippen molar-refractivity contribution in [2.45, 2.75) is 95.7 Å². The maximum absolute atomic E-state index is 13.8. The zero-order valence-corrected chi connectivity index (χ0v) is 37.2. The van der Waals surface area contributed by atoms with Gasteiger partial charge in [-0.05, 0) is 49.2 Å². The maximum atomic E-state index is 13.8. The van der Waals surface area contributed by atoms with Crippen LogP contribution in [0.15, 0.2) is 36.4 Å². The van der Waals surface area contributed by atoms with Gasteiger partial charge in [0.2, 0.25) is 6.10 Å². The van der Waals surface area contributed by atoms with Crippen molar-refractivity contribution in [1.29, 1.82) is 0 Å². The first-order valence-corrected chi connectivity index (χ1v) is 21.3. The summed E-state index contributed by atoms with van der Waals surface area (Å²) in [5, 5.41) is 10.8. The van der Waals surface area contributed by atoms with E-state index in [0.29, 0.717) is 87.0 Å². The molecule has 4 heterocycles. The second-order valence-corrected chi connectivity index (χ2v) is 16.6. The van der Waals surface area contributed by atoms with Crippen molar-refractivity contribution in [2.24, 2.45) is 0 Å². The van der Waals surface area contributed by atoms with Gasteiger partial charge in [-0.1, -0.05) is 19.6 Å². The fourth-order valence-corrected chi connectivity index (χ4v) is 7.73. The lowest BCUT2D eigenvalue weighted by molar-refractivity contribution is -0.309. The number of ether oxygens (including phenoxy) is 3. The molecule has 4 fully saturated rings. The summed E-state index contributed by atoms with van der Waals surface area (Å²) in [7, 11) is 0. The summed E-state index contributed by atoms with van der Waals surface area (Å²) >= 11 is 0. The van der Waals surface area contributed by atoms with Crippen LogP contribution in [-0.2, 0) is 39.7 Å². The van der Waals surface area contributed by atoms with Crippen LogP contribution in [0.1, 0.15) is 43.5 Å². The SMILES string of the molecule is C.C[C@@H]1CN(Cc2ccc(N3CCOCC3)cc2C(F)(F)F)CCN1.C[C@@H]1CN(Cc2ccc(N3CCOCC3)cc2C(F)(F)F)CCN1C(=O)OC(C(F)(F)F)C(F)(F)F.OC(C(F)(F)F)C(F)(F)F. The number of morpholine rings is 2. The van der Waals surface area contributed by atoms with E-state index in [1.165, 1.54) is 19.1 Å². The van der Waals surface area contributed by atoms with E-state index < -0.39 is 72.5 Å². The summed E-state index contributed by atoms with van der Waals surface area (Å²) in [6.07, 6.45) is -42.2. The van der Waals surface area contributed by atoms with E-state index in [2.05, 4.69) is 21.9 Å². The number of nitrogens with one attached hydrogen (secondary N) is 1. The van der Waals surface area contributed by atoms with E-state index in [4.69, 9.17) is 14.6 Å². The van der Waals surface area contributed by atoms with Crippen LogP contribution in [0.5, 0.6) is 0 Å². The van der Waals surface area contributed by atoms with Gasteiger partial charge in [0.1, 0.15) is 0 Å². The molecular formula is C42H54F18N6O5. The van der Waals surface area contributed by atoms with E-state index >= 15 is 0 Å². The summed E-state index contributed by atoms with van der Waals surface area (Å²) in [4.78, 5) is 20.1. The van der Waals surface area contributed by atoms with Gasteiger partial charge in [0.15, 0.2) is 0 Å². The Morgan fingerprint density at radius 3 is 1.37 bits per heavy atom. The first kappa shape index (κ1) is 61.1. The number of benzene rings is 2. The number of aliphatic hydroxyl groups is 1. The van der Waals surface area contributed by atoms with Gasteiger partial charge in [-0.3, -0.25) is 9.80 Å². The van der Waals surface area contributed by atoms with Gasteiger partial charge in [0.25, 0.3) is 6.10 Å². The number of aliphatic hydroxyl groups excluding tert-OH is 1. The summed E-state index contributed by atoms with van der Waals surface area (Å²) in [6.45, 7) is 9.47. The molecule has 2 aromatic rings. The Bertz CT molecular complexity index is 1940. The predicted octanol–water partition coefficient (Wildman–Crippen LogP) is 9.12. The van der Waals surface area contributed by atoms with Crippen molar-refractivity contribution in [1.82, 2.24) is 20.0 Å². The van der Waals surface area contributed by atoms with Crippen LogP contribution in [0.4, 0.5) is 95.2 Å². The molecule has 0 aromatic heterocycles. The van der Waals surface area contributed by atoms with Crippen molar-refractivity contribution in [3.63, 3.8) is 0 Å². The number of amides is 1. The topological polar surface area (TPSA) is 93.2 Å². The molecular weight excluding hydrogens is 1010 g/mol. The lowest BCUT2D eigenvalue weighted by Gasteiger charge is -2.40. The van der Waals surface area contributed by atoms with Gasteiger partial charge in [0.05, 0.1) is 37.6 Å². The monoisotopic (exact) mass is 1060 g/mol. The van der Waals surface area contributed by atoms with Crippen molar-refractivity contribution >= 4 is 17.5 Å². The van der Waals surface area contributed by atoms with E-state index in [9.17, 15) is 83.8 Å². The third-order valence-corrected chi connectivity index (χ3v) is 11.2. The van der Waals surface area contributed by atoms with Gasteiger partial charge in [-0.25, -0.2) is 4.79 Å². The van der Waals surface area contributed by atoms with E-state index in [0.717, 1.165) is 25.7 Å². The number of anilines is 2. The summed E-state index contributed by atoms with van der Waals surface area (Å²) in [5.41, 5.74) is -0.0374. The fraction of sp³-hybridized carbons (Fsp3) is 0.690. The lowest BCUT2D eigenvalue weighted by Crippen LogP contribution is -2.56. The molecule has 0 aliphatic carbocycles. The molecule has 4 aliphatic rings. The molecule has 0 radical (unpaired) electrons. The molecule has 4 saturated heterocycles. The maximum Gasteiger partial charge on any atom is 0.434 e. The quantitative estimate of drug-likeness (QED) is 0.262. The van der Waals surface area contributed by atoms with Gasteiger partial charge < -0.3 is 39.3 Å². The van der Waals surface area contributed by atoms with Gasteiger partial charge in [-0.2, -0.15) is 79.0 Å². The third kappa shape index (κ3) is 18.4. The Balaban J connectivity index is 0.000000326. The first-order valence-electron chi connectivity index (χ1n) is 21.3. The Hall–Kier alpha value is -4.19. The second-order valence-electron chi connectivity index (χ2n) is 16.6. The number of nitrogens with zero attached hydrogens (tertiary/aromatic N) is 5. The smallest absolute Gasteiger partial charge is 0.426 e. The molecule has 0 unspecified atom stereocenters. The molecule has 0 saturated carbocycles. The Morgan fingerprint density at radius 1 is 0.620 bits per heavy atom. The van der Waals surface area contributed by atoms with Crippen LogP contribution < -0.4 is 15.1 Å². The molecule has 408 valence electrons. The molecule has 4 aliphatic heterocycles. The van der Waals surface area contributed by atoms with Crippen LogP contribution >= 0.6 is 0 Å². The van der Waals surface area contributed by atoms with Crippen LogP contribution in [-0.4, -0.2) is 167 Å². The number of halogens is 18. The standard InChI is InChI=1S/C21H24F9N3O3.C17H24F3N3O.C3H2F6O.CH4/c1-13-11-31(4-5-33(13)18(34)36-17(20(25,26)27)21(28,29)30)12-14-2-3-15(10-16(14)19(22,23)24)32-6-8-35-9-7-32;1-13-11-22(5-4-21-13)12-14-2-3-15(10-16(14)17(18,19)20)23-6-8-24-9-7-23;4-2(5,6)1(10)3(7,8)9;/h2-3,10,13,17H,4-9,11-12H2,1H3;2-3,10,13,21H,4-9,11-12H2,1H3;1,10H;1H4/t2*13-;;/m11../s1. The lowest BCUT2D eigenvalue weighted by atomic mass is 10.0. The zero-order chi connectivity index (χ0) is 52.6. The van der Waals surface area contributed by atoms with Crippen molar-refractivity contribution in [2.75, 3.05) is 102 Å². The molecule has 1 amide bonds. The molecule has 2 N–H and O–H groups in total. The molecule has 0 spiro atoms. The number of carbonyl (C=O) groups excluding carboxylic acids is 1. The molecule has 2 atom stereocenters. The highest BCUT2D eigenvalue weighted by Crippen LogP contribution is 2.39. The number of hydrogen-bond donors (Lipinski definition) is 2. The Kier molecular flexibility index (Phi) is 21.3. The Morgan fingerprint density at radius 2 is 1.03 bits per heavy atom.